The maximum atomic E-state index is 13.3. The number of nitrogens with zero attached hydrogens (tertiary/aromatic N) is 2. The third kappa shape index (κ3) is 7.11. The summed E-state index contributed by atoms with van der Waals surface area (Å²) in [6, 6.07) is 7.29. The van der Waals surface area contributed by atoms with E-state index in [1.165, 1.54) is 0 Å². The SMILES string of the molecule is CCOC(=O)C(Br)=Cc1ccccc1C1C(C(=O)OCC)=C(CN(C)C)N=C(C)C1C(=O)OCC. The van der Waals surface area contributed by atoms with Crippen molar-refractivity contribution in [3.05, 3.63) is 51.1 Å². The van der Waals surface area contributed by atoms with Crippen LogP contribution < -0.4 is 0 Å². The molecule has 190 valence electrons. The van der Waals surface area contributed by atoms with Crippen molar-refractivity contribution in [3.63, 3.8) is 0 Å². The van der Waals surface area contributed by atoms with Crippen molar-refractivity contribution in [2.45, 2.75) is 33.6 Å². The molecule has 1 aromatic carbocycles. The van der Waals surface area contributed by atoms with Crippen LogP contribution in [0.5, 0.6) is 0 Å². The molecule has 0 aliphatic carbocycles. The van der Waals surface area contributed by atoms with Gasteiger partial charge in [-0.3, -0.25) is 9.79 Å². The van der Waals surface area contributed by atoms with Gasteiger partial charge in [0, 0.05) is 18.2 Å². The molecular formula is C26H33BrN2O6. The highest BCUT2D eigenvalue weighted by Gasteiger charge is 2.43. The molecule has 35 heavy (non-hydrogen) atoms. The Kier molecular flexibility index (Phi) is 10.9. The Balaban J connectivity index is 2.82. The van der Waals surface area contributed by atoms with Gasteiger partial charge < -0.3 is 19.1 Å². The van der Waals surface area contributed by atoms with Gasteiger partial charge in [-0.05, 0) is 74.9 Å². The summed E-state index contributed by atoms with van der Waals surface area (Å²) in [6.45, 7) is 7.92. The van der Waals surface area contributed by atoms with Gasteiger partial charge in [0.05, 0.1) is 31.1 Å². The second-order valence-electron chi connectivity index (χ2n) is 8.12. The number of esters is 3. The minimum atomic E-state index is -0.837. The van der Waals surface area contributed by atoms with E-state index >= 15 is 0 Å². The number of rotatable bonds is 10. The van der Waals surface area contributed by atoms with E-state index in [0.717, 1.165) is 0 Å². The summed E-state index contributed by atoms with van der Waals surface area (Å²) >= 11 is 3.29. The predicted octanol–water partition coefficient (Wildman–Crippen LogP) is 4.10. The zero-order valence-corrected chi connectivity index (χ0v) is 22.7. The van der Waals surface area contributed by atoms with E-state index in [-0.39, 0.29) is 24.3 Å². The molecule has 2 atom stereocenters. The lowest BCUT2D eigenvalue weighted by atomic mass is 9.74. The number of halogens is 1. The molecule has 0 bridgehead atoms. The smallest absolute Gasteiger partial charge is 0.345 e. The lowest BCUT2D eigenvalue weighted by molar-refractivity contribution is -0.146. The van der Waals surface area contributed by atoms with Crippen molar-refractivity contribution in [2.75, 3.05) is 40.5 Å². The topological polar surface area (TPSA) is 94.5 Å². The molecule has 9 heteroatoms. The van der Waals surface area contributed by atoms with Gasteiger partial charge in [0.15, 0.2) is 0 Å². The van der Waals surface area contributed by atoms with Gasteiger partial charge in [0.2, 0.25) is 0 Å². The molecule has 0 aromatic heterocycles. The van der Waals surface area contributed by atoms with E-state index in [1.54, 1.807) is 33.8 Å². The van der Waals surface area contributed by atoms with Gasteiger partial charge in [-0.15, -0.1) is 0 Å². The first-order chi connectivity index (χ1) is 16.7. The maximum absolute atomic E-state index is 13.3. The van der Waals surface area contributed by atoms with Crippen LogP contribution in [0.2, 0.25) is 0 Å². The number of benzene rings is 1. The number of hydrogen-bond donors (Lipinski definition) is 0. The van der Waals surface area contributed by atoms with E-state index in [4.69, 9.17) is 14.2 Å². The Morgan fingerprint density at radius 1 is 1.03 bits per heavy atom. The first kappa shape index (κ1) is 28.5. The molecule has 2 unspecified atom stereocenters. The van der Waals surface area contributed by atoms with Crippen molar-refractivity contribution in [1.82, 2.24) is 4.90 Å². The van der Waals surface area contributed by atoms with Crippen LogP contribution >= 0.6 is 15.9 Å². The van der Waals surface area contributed by atoms with Gasteiger partial charge in [-0.2, -0.15) is 0 Å². The van der Waals surface area contributed by atoms with Crippen LogP contribution in [0.1, 0.15) is 44.7 Å². The summed E-state index contributed by atoms with van der Waals surface area (Å²) in [5, 5.41) is 0. The van der Waals surface area contributed by atoms with Crippen LogP contribution in [-0.4, -0.2) is 69.0 Å². The Morgan fingerprint density at radius 2 is 1.66 bits per heavy atom. The zero-order valence-electron chi connectivity index (χ0n) is 21.1. The van der Waals surface area contributed by atoms with E-state index in [9.17, 15) is 14.4 Å². The quantitative estimate of drug-likeness (QED) is 0.246. The van der Waals surface area contributed by atoms with E-state index in [0.29, 0.717) is 34.7 Å². The van der Waals surface area contributed by atoms with Crippen molar-refractivity contribution >= 4 is 45.6 Å². The van der Waals surface area contributed by atoms with Crippen LogP contribution in [0.15, 0.2) is 45.0 Å². The standard InChI is InChI=1S/C26H33BrN2O6/c1-7-33-24(30)19(27)14-17-12-10-11-13-18(17)22-21(25(31)34-8-2)16(4)28-20(15-29(5)6)23(22)26(32)35-9-3/h10-14,21-22H,7-9,15H2,1-6H3. The summed E-state index contributed by atoms with van der Waals surface area (Å²) in [5.41, 5.74) is 2.69. The van der Waals surface area contributed by atoms with Crippen LogP contribution in [0, 0.1) is 5.92 Å². The van der Waals surface area contributed by atoms with Crippen molar-refractivity contribution in [3.8, 4) is 0 Å². The molecule has 0 saturated heterocycles. The molecule has 0 radical (unpaired) electrons. The first-order valence-electron chi connectivity index (χ1n) is 11.6. The first-order valence-corrected chi connectivity index (χ1v) is 12.3. The molecule has 1 aromatic rings. The number of ether oxygens (including phenoxy) is 3. The summed E-state index contributed by atoms with van der Waals surface area (Å²) in [4.78, 5) is 45.3. The molecule has 2 rings (SSSR count). The van der Waals surface area contributed by atoms with E-state index in [1.807, 2.05) is 43.3 Å². The van der Waals surface area contributed by atoms with E-state index < -0.39 is 29.7 Å². The molecule has 1 aliphatic heterocycles. The second-order valence-corrected chi connectivity index (χ2v) is 8.98. The summed E-state index contributed by atoms with van der Waals surface area (Å²) in [7, 11) is 3.75. The highest BCUT2D eigenvalue weighted by Crippen LogP contribution is 2.42. The third-order valence-corrected chi connectivity index (χ3v) is 5.85. The molecule has 1 aliphatic rings. The Bertz CT molecular complexity index is 1040. The minimum Gasteiger partial charge on any atom is -0.465 e. The van der Waals surface area contributed by atoms with Gasteiger partial charge >= 0.3 is 17.9 Å². The molecule has 0 saturated carbocycles. The van der Waals surface area contributed by atoms with Crippen molar-refractivity contribution in [2.24, 2.45) is 10.9 Å². The Morgan fingerprint density at radius 3 is 2.26 bits per heavy atom. The summed E-state index contributed by atoms with van der Waals surface area (Å²) in [6.07, 6.45) is 1.63. The fraction of sp³-hybridized carbons (Fsp3) is 0.462. The minimum absolute atomic E-state index is 0.174. The number of hydrogen-bond acceptors (Lipinski definition) is 8. The molecule has 1 heterocycles. The Labute approximate surface area is 215 Å². The van der Waals surface area contributed by atoms with Gasteiger partial charge in [0.25, 0.3) is 0 Å². The van der Waals surface area contributed by atoms with Crippen molar-refractivity contribution in [1.29, 1.82) is 0 Å². The zero-order chi connectivity index (χ0) is 26.1. The number of likely N-dealkylation sites (N-methyl/N-ethyl adjacent to an activating group) is 1. The molecule has 0 amide bonds. The molecule has 0 spiro atoms. The fourth-order valence-corrected chi connectivity index (χ4v) is 4.36. The van der Waals surface area contributed by atoms with Crippen LogP contribution in [-0.2, 0) is 28.6 Å². The average Bonchev–Trinajstić information content (AvgIpc) is 2.79. The second kappa shape index (κ2) is 13.3. The summed E-state index contributed by atoms with van der Waals surface area (Å²) < 4.78 is 16.1. The third-order valence-electron chi connectivity index (χ3n) is 5.30. The number of carbonyl (C=O) groups is 3. The average molecular weight is 549 g/mol. The predicted molar refractivity (Wildman–Crippen MR) is 138 cm³/mol. The van der Waals surface area contributed by atoms with Crippen LogP contribution in [0.25, 0.3) is 6.08 Å². The number of carbonyl (C=O) groups excluding carboxylic acids is 3. The largest absolute Gasteiger partial charge is 0.465 e. The fourth-order valence-electron chi connectivity index (χ4n) is 4.00. The normalized spacial score (nSPS) is 18.3. The number of aliphatic imine (C=N–C) groups is 1. The summed E-state index contributed by atoms with van der Waals surface area (Å²) in [5.74, 6) is -3.09. The molecule has 0 N–H and O–H groups in total. The maximum Gasteiger partial charge on any atom is 0.345 e. The van der Waals surface area contributed by atoms with Crippen LogP contribution in [0.3, 0.4) is 0 Å². The lowest BCUT2D eigenvalue weighted by Gasteiger charge is -2.33. The molecular weight excluding hydrogens is 516 g/mol. The van der Waals surface area contributed by atoms with Gasteiger partial charge in [0.1, 0.15) is 10.4 Å². The highest BCUT2D eigenvalue weighted by molar-refractivity contribution is 9.12. The van der Waals surface area contributed by atoms with Crippen LogP contribution in [0.4, 0.5) is 0 Å². The van der Waals surface area contributed by atoms with Gasteiger partial charge in [-0.1, -0.05) is 24.3 Å². The molecule has 8 nitrogen and oxygen atoms in total. The van der Waals surface area contributed by atoms with E-state index in [2.05, 4.69) is 20.9 Å². The molecule has 0 fully saturated rings. The highest BCUT2D eigenvalue weighted by atomic mass is 79.9. The monoisotopic (exact) mass is 548 g/mol. The lowest BCUT2D eigenvalue weighted by Crippen LogP contribution is -2.38. The van der Waals surface area contributed by atoms with Gasteiger partial charge in [-0.25, -0.2) is 9.59 Å². The Hall–Kier alpha value is -2.78. The van der Waals surface area contributed by atoms with Crippen molar-refractivity contribution < 1.29 is 28.6 Å².